The number of nitrogens with one attached hydrogen (secondary N) is 1. The minimum Gasteiger partial charge on any atom is -0.346 e. The van der Waals surface area contributed by atoms with Crippen LogP contribution in [-0.4, -0.2) is 35.8 Å². The first-order valence-electron chi connectivity index (χ1n) is 8.55. The lowest BCUT2D eigenvalue weighted by Gasteiger charge is -2.14. The molecule has 1 aliphatic rings. The second-order valence-corrected chi connectivity index (χ2v) is 7.62. The predicted molar refractivity (Wildman–Crippen MR) is 104 cm³/mol. The number of aromatic nitrogens is 1. The Balaban J connectivity index is 1.56. The number of amides is 1. The highest BCUT2D eigenvalue weighted by Crippen LogP contribution is 2.27. The van der Waals surface area contributed by atoms with Crippen LogP contribution in [0.4, 0.5) is 5.13 Å². The number of hydrogen-bond acceptors (Lipinski definition) is 5. The average molecular weight is 367 g/mol. The van der Waals surface area contributed by atoms with E-state index in [2.05, 4.69) is 34.0 Å². The molecule has 2 aromatic rings. The van der Waals surface area contributed by atoms with Crippen molar-refractivity contribution in [3.8, 4) is 11.8 Å². The molecule has 2 heterocycles. The van der Waals surface area contributed by atoms with Gasteiger partial charge in [0.05, 0.1) is 5.69 Å². The molecule has 1 aromatic carbocycles. The molecular weight excluding hydrogens is 346 g/mol. The molecule has 1 N–H and O–H groups in total. The molecule has 0 aliphatic carbocycles. The van der Waals surface area contributed by atoms with E-state index in [9.17, 15) is 9.59 Å². The Morgan fingerprint density at radius 2 is 2.00 bits per heavy atom. The summed E-state index contributed by atoms with van der Waals surface area (Å²) in [7, 11) is 0. The highest BCUT2D eigenvalue weighted by Gasteiger charge is 2.25. The number of aryl methyl sites for hydroxylation is 3. The predicted octanol–water partition coefficient (Wildman–Crippen LogP) is 2.65. The maximum atomic E-state index is 12.1. The fourth-order valence-electron chi connectivity index (χ4n) is 2.87. The van der Waals surface area contributed by atoms with E-state index in [1.165, 1.54) is 4.88 Å². The van der Waals surface area contributed by atoms with Crippen LogP contribution >= 0.6 is 11.3 Å². The van der Waals surface area contributed by atoms with Crippen molar-refractivity contribution in [2.45, 2.75) is 33.2 Å². The maximum Gasteiger partial charge on any atom is 0.296 e. The van der Waals surface area contributed by atoms with E-state index in [4.69, 9.17) is 0 Å². The molecule has 1 unspecified atom stereocenters. The number of nitrogens with zero attached hydrogens (tertiary/aromatic N) is 2. The number of benzene rings is 1. The van der Waals surface area contributed by atoms with Crippen LogP contribution in [0, 0.1) is 32.6 Å². The molecule has 0 bridgehead atoms. The zero-order valence-corrected chi connectivity index (χ0v) is 15.9. The molecule has 0 spiro atoms. The fraction of sp³-hybridized carbons (Fsp3) is 0.350. The smallest absolute Gasteiger partial charge is 0.296 e. The molecule has 0 saturated carbocycles. The fourth-order valence-corrected chi connectivity index (χ4v) is 3.82. The molecule has 0 radical (unpaired) electrons. The normalized spacial score (nSPS) is 16.1. The Bertz CT molecular complexity index is 888. The highest BCUT2D eigenvalue weighted by molar-refractivity contribution is 7.15. The van der Waals surface area contributed by atoms with Crippen LogP contribution in [0.3, 0.4) is 0 Å². The van der Waals surface area contributed by atoms with Gasteiger partial charge in [-0.1, -0.05) is 24.3 Å². The minimum absolute atomic E-state index is 0.0230. The second kappa shape index (κ2) is 7.71. The van der Waals surface area contributed by atoms with Crippen molar-refractivity contribution < 1.29 is 9.59 Å². The number of carbonyl (C=O) groups is 2. The summed E-state index contributed by atoms with van der Waals surface area (Å²) in [6.07, 6.45) is 0.844. The lowest BCUT2D eigenvalue weighted by Crippen LogP contribution is -2.36. The van der Waals surface area contributed by atoms with Gasteiger partial charge in [-0.2, -0.15) is 0 Å². The lowest BCUT2D eigenvalue weighted by molar-refractivity contribution is -0.116. The molecule has 1 saturated heterocycles. The van der Waals surface area contributed by atoms with Gasteiger partial charge in [-0.05, 0) is 38.7 Å². The molecule has 6 heteroatoms. The molecule has 3 rings (SSSR count). The van der Waals surface area contributed by atoms with Crippen LogP contribution in [0.5, 0.6) is 0 Å². The Kier molecular flexibility index (Phi) is 5.38. The third-order valence-electron chi connectivity index (χ3n) is 4.49. The summed E-state index contributed by atoms with van der Waals surface area (Å²) in [5, 5.41) is 3.89. The van der Waals surface area contributed by atoms with Gasteiger partial charge in [0.25, 0.3) is 5.91 Å². The summed E-state index contributed by atoms with van der Waals surface area (Å²) in [5.74, 6) is 4.12. The summed E-state index contributed by atoms with van der Waals surface area (Å²) in [6.45, 7) is 7.49. The van der Waals surface area contributed by atoms with E-state index in [0.717, 1.165) is 29.4 Å². The largest absolute Gasteiger partial charge is 0.346 e. The van der Waals surface area contributed by atoms with E-state index in [0.29, 0.717) is 12.1 Å². The first kappa shape index (κ1) is 18.2. The number of hydrogen-bond donors (Lipinski definition) is 1. The van der Waals surface area contributed by atoms with Gasteiger partial charge in [0.2, 0.25) is 5.78 Å². The Morgan fingerprint density at radius 1 is 1.23 bits per heavy atom. The van der Waals surface area contributed by atoms with E-state index in [1.807, 2.05) is 26.0 Å². The minimum atomic E-state index is -0.412. The third-order valence-corrected chi connectivity index (χ3v) is 5.62. The quantitative estimate of drug-likeness (QED) is 0.515. The molecule has 1 amide bonds. The first-order valence-corrected chi connectivity index (χ1v) is 9.37. The van der Waals surface area contributed by atoms with Crippen LogP contribution < -0.4 is 10.2 Å². The third kappa shape index (κ3) is 4.12. The van der Waals surface area contributed by atoms with E-state index >= 15 is 0 Å². The zero-order chi connectivity index (χ0) is 18.7. The van der Waals surface area contributed by atoms with Gasteiger partial charge in [-0.3, -0.25) is 9.59 Å². The van der Waals surface area contributed by atoms with Crippen molar-refractivity contribution in [2.24, 2.45) is 0 Å². The van der Waals surface area contributed by atoms with Crippen LogP contribution in [0.25, 0.3) is 0 Å². The molecular formula is C20H21N3O2S. The SMILES string of the molecule is Cc1ccccc1C(=O)C#CC(=O)NC1CCN(c2nc(C)c(C)s2)C1. The number of anilines is 1. The second-order valence-electron chi connectivity index (χ2n) is 6.44. The van der Waals surface area contributed by atoms with Gasteiger partial charge in [-0.15, -0.1) is 11.3 Å². The zero-order valence-electron chi connectivity index (χ0n) is 15.1. The Hall–Kier alpha value is -2.65. The summed E-state index contributed by atoms with van der Waals surface area (Å²) < 4.78 is 0. The van der Waals surface area contributed by atoms with Gasteiger partial charge in [0.15, 0.2) is 5.13 Å². The maximum absolute atomic E-state index is 12.1. The van der Waals surface area contributed by atoms with Gasteiger partial charge in [-0.25, -0.2) is 4.98 Å². The molecule has 5 nitrogen and oxygen atoms in total. The molecule has 1 atom stereocenters. The van der Waals surface area contributed by atoms with Gasteiger partial charge < -0.3 is 10.2 Å². The Morgan fingerprint density at radius 3 is 2.69 bits per heavy atom. The number of ketones is 1. The summed E-state index contributed by atoms with van der Waals surface area (Å²) >= 11 is 1.68. The number of rotatable bonds is 3. The van der Waals surface area contributed by atoms with E-state index < -0.39 is 5.91 Å². The number of Topliss-reactive ketones (excluding diaryl/α,β-unsaturated/α-hetero) is 1. The molecule has 26 heavy (non-hydrogen) atoms. The number of carbonyl (C=O) groups excluding carboxylic acids is 2. The monoisotopic (exact) mass is 367 g/mol. The molecule has 134 valence electrons. The lowest BCUT2D eigenvalue weighted by atomic mass is 10.1. The molecule has 1 aliphatic heterocycles. The van der Waals surface area contributed by atoms with Crippen molar-refractivity contribution in [1.82, 2.24) is 10.3 Å². The summed E-state index contributed by atoms with van der Waals surface area (Å²) in [6, 6.07) is 7.25. The van der Waals surface area contributed by atoms with Crippen molar-refractivity contribution in [3.63, 3.8) is 0 Å². The molecule has 1 fully saturated rings. The molecule has 1 aromatic heterocycles. The van der Waals surface area contributed by atoms with Crippen molar-refractivity contribution in [3.05, 3.63) is 46.0 Å². The topological polar surface area (TPSA) is 62.3 Å². The van der Waals surface area contributed by atoms with Crippen molar-refractivity contribution in [2.75, 3.05) is 18.0 Å². The standard InChI is InChI=1S/C20H21N3O2S/c1-13-6-4-5-7-17(13)18(24)8-9-19(25)22-16-10-11-23(12-16)20-21-14(2)15(3)26-20/h4-7,16H,10-12H2,1-3H3,(H,22,25). The average Bonchev–Trinajstić information content (AvgIpc) is 3.20. The van der Waals surface area contributed by atoms with Crippen molar-refractivity contribution >= 4 is 28.2 Å². The van der Waals surface area contributed by atoms with Crippen molar-refractivity contribution in [1.29, 1.82) is 0 Å². The van der Waals surface area contributed by atoms with Crippen LogP contribution in [0.15, 0.2) is 24.3 Å². The van der Waals surface area contributed by atoms with E-state index in [1.54, 1.807) is 23.5 Å². The van der Waals surface area contributed by atoms with Gasteiger partial charge in [0.1, 0.15) is 0 Å². The van der Waals surface area contributed by atoms with Crippen LogP contribution in [-0.2, 0) is 4.79 Å². The van der Waals surface area contributed by atoms with Gasteiger partial charge >= 0.3 is 0 Å². The van der Waals surface area contributed by atoms with Crippen LogP contribution in [0.2, 0.25) is 0 Å². The Labute approximate surface area is 157 Å². The van der Waals surface area contributed by atoms with E-state index in [-0.39, 0.29) is 11.8 Å². The van der Waals surface area contributed by atoms with Gasteiger partial charge in [0, 0.05) is 35.5 Å². The highest BCUT2D eigenvalue weighted by atomic mass is 32.1. The summed E-state index contributed by atoms with van der Waals surface area (Å²) in [5.41, 5.74) is 2.44. The van der Waals surface area contributed by atoms with Crippen LogP contribution in [0.1, 0.15) is 32.9 Å². The first-order chi connectivity index (χ1) is 12.4. The summed E-state index contributed by atoms with van der Waals surface area (Å²) in [4.78, 5) is 32.1. The number of thiazole rings is 1.